The maximum absolute atomic E-state index is 13.9. The molecule has 0 radical (unpaired) electrons. The minimum absolute atomic E-state index is 0.105. The van der Waals surface area contributed by atoms with Gasteiger partial charge in [-0.15, -0.1) is 0 Å². The van der Waals surface area contributed by atoms with E-state index < -0.39 is 18.0 Å². The zero-order valence-electron chi connectivity index (χ0n) is 27.9. The Morgan fingerprint density at radius 2 is 1.82 bits per heavy atom. The summed E-state index contributed by atoms with van der Waals surface area (Å²) in [7, 11) is 3.69. The second-order valence-corrected chi connectivity index (χ2v) is 12.5. The van der Waals surface area contributed by atoms with Gasteiger partial charge in [-0.3, -0.25) is 4.79 Å². The number of hydrogen-bond acceptors (Lipinski definition) is 10. The van der Waals surface area contributed by atoms with Crippen LogP contribution in [-0.4, -0.2) is 91.3 Å². The first-order valence-electron chi connectivity index (χ1n) is 16.6. The highest BCUT2D eigenvalue weighted by Crippen LogP contribution is 2.30. The molecule has 2 fully saturated rings. The fraction of sp³-hybridized carbons (Fsp3) is 0.378. The summed E-state index contributed by atoms with van der Waals surface area (Å²) in [6.07, 6.45) is 1.76. The summed E-state index contributed by atoms with van der Waals surface area (Å²) in [5.74, 6) is 0.979. The lowest BCUT2D eigenvalue weighted by atomic mass is 10.00. The third kappa shape index (κ3) is 8.36. The van der Waals surface area contributed by atoms with Crippen molar-refractivity contribution in [2.45, 2.75) is 31.9 Å². The second kappa shape index (κ2) is 15.7. The van der Waals surface area contributed by atoms with Crippen molar-refractivity contribution in [2.75, 3.05) is 63.7 Å². The van der Waals surface area contributed by atoms with Gasteiger partial charge in [0.2, 0.25) is 0 Å². The number of rotatable bonds is 10. The van der Waals surface area contributed by atoms with Crippen LogP contribution >= 0.6 is 0 Å². The van der Waals surface area contributed by atoms with E-state index >= 15 is 0 Å². The summed E-state index contributed by atoms with van der Waals surface area (Å²) in [4.78, 5) is 42.1. The smallest absolute Gasteiger partial charge is 0.410 e. The molecule has 6 rings (SSSR count). The van der Waals surface area contributed by atoms with E-state index in [1.165, 1.54) is 0 Å². The molecule has 2 saturated heterocycles. The summed E-state index contributed by atoms with van der Waals surface area (Å²) in [5, 5.41) is 14.5. The molecule has 3 heterocycles. The summed E-state index contributed by atoms with van der Waals surface area (Å²) in [5.41, 5.74) is 1.60. The number of carbonyl (C=O) groups is 2. The number of piperazine rings is 1. The molecule has 49 heavy (non-hydrogen) atoms. The van der Waals surface area contributed by atoms with Gasteiger partial charge in [0, 0.05) is 49.6 Å². The molecular formula is C37H41N7O5. The van der Waals surface area contributed by atoms with Gasteiger partial charge < -0.3 is 34.2 Å². The summed E-state index contributed by atoms with van der Waals surface area (Å²) < 4.78 is 17.3. The zero-order valence-corrected chi connectivity index (χ0v) is 27.9. The molecule has 12 heteroatoms. The summed E-state index contributed by atoms with van der Waals surface area (Å²) in [6, 6.07) is 24.4. The van der Waals surface area contributed by atoms with Crippen molar-refractivity contribution in [2.24, 2.45) is 5.92 Å². The van der Waals surface area contributed by atoms with Crippen LogP contribution in [0.5, 0.6) is 11.8 Å². The highest BCUT2D eigenvalue weighted by molar-refractivity contribution is 6.09. The highest BCUT2D eigenvalue weighted by Gasteiger charge is 2.33. The van der Waals surface area contributed by atoms with Gasteiger partial charge in [0.05, 0.1) is 37.9 Å². The predicted molar refractivity (Wildman–Crippen MR) is 186 cm³/mol. The Morgan fingerprint density at radius 1 is 1.00 bits per heavy atom. The van der Waals surface area contributed by atoms with Gasteiger partial charge >= 0.3 is 12.1 Å². The molecule has 0 aliphatic carbocycles. The highest BCUT2D eigenvalue weighted by atomic mass is 16.6. The number of nitrogens with zero attached hydrogens (tertiary/aromatic N) is 6. The van der Waals surface area contributed by atoms with Crippen molar-refractivity contribution < 1.29 is 23.8 Å². The zero-order chi connectivity index (χ0) is 34.2. The molecule has 3 aromatic carbocycles. The Bertz CT molecular complexity index is 1810. The molecule has 1 aromatic heterocycles. The molecule has 254 valence electrons. The third-order valence-corrected chi connectivity index (χ3v) is 8.99. The fourth-order valence-electron chi connectivity index (χ4n) is 6.43. The number of benzene rings is 3. The van der Waals surface area contributed by atoms with Crippen LogP contribution in [0.4, 0.5) is 16.3 Å². The molecule has 2 atom stereocenters. The van der Waals surface area contributed by atoms with E-state index in [-0.39, 0.29) is 24.7 Å². The lowest BCUT2D eigenvalue weighted by Crippen LogP contribution is -2.55. The first-order chi connectivity index (χ1) is 23.9. The van der Waals surface area contributed by atoms with Gasteiger partial charge in [0.25, 0.3) is 5.91 Å². The maximum atomic E-state index is 13.9. The van der Waals surface area contributed by atoms with Gasteiger partial charge in [-0.2, -0.15) is 15.2 Å². The molecule has 0 saturated carbocycles. The molecule has 1 unspecified atom stereocenters. The number of nitriles is 1. The van der Waals surface area contributed by atoms with E-state index in [2.05, 4.69) is 28.3 Å². The molecule has 12 nitrogen and oxygen atoms in total. The van der Waals surface area contributed by atoms with E-state index in [1.54, 1.807) is 24.1 Å². The number of hydrogen-bond donors (Lipinski definition) is 1. The molecule has 0 bridgehead atoms. The SMILES string of the molecule is COc1cc(NC(=O)c2cc(N3CCN(C(=O)OCc4ccccc4)[C@@H](CC#N)C3)nc(OCC3CCCN(C)C3)n2)c2ccccc2c1. The number of likely N-dealkylation sites (tertiary alicyclic amines) is 1. The van der Waals surface area contributed by atoms with Crippen LogP contribution < -0.4 is 19.7 Å². The van der Waals surface area contributed by atoms with Crippen LogP contribution in [-0.2, 0) is 11.3 Å². The largest absolute Gasteiger partial charge is 0.497 e. The molecule has 1 N–H and O–H groups in total. The number of ether oxygens (including phenoxy) is 3. The van der Waals surface area contributed by atoms with Gasteiger partial charge in [-0.1, -0.05) is 54.6 Å². The van der Waals surface area contributed by atoms with Crippen molar-refractivity contribution in [1.29, 1.82) is 5.26 Å². The number of aromatic nitrogens is 2. The van der Waals surface area contributed by atoms with Crippen molar-refractivity contribution in [3.63, 3.8) is 0 Å². The average molecular weight is 664 g/mol. The molecule has 2 aliphatic heterocycles. The predicted octanol–water partition coefficient (Wildman–Crippen LogP) is 5.35. The van der Waals surface area contributed by atoms with Crippen LogP contribution in [0.2, 0.25) is 0 Å². The number of piperidine rings is 1. The van der Waals surface area contributed by atoms with Crippen molar-refractivity contribution >= 4 is 34.3 Å². The van der Waals surface area contributed by atoms with Crippen LogP contribution in [0.25, 0.3) is 10.8 Å². The van der Waals surface area contributed by atoms with E-state index in [1.807, 2.05) is 65.6 Å². The third-order valence-electron chi connectivity index (χ3n) is 8.99. The minimum atomic E-state index is -0.474. The van der Waals surface area contributed by atoms with Crippen molar-refractivity contribution in [1.82, 2.24) is 19.8 Å². The quantitative estimate of drug-likeness (QED) is 0.237. The number of fused-ring (bicyclic) bond motifs is 1. The topological polar surface area (TPSA) is 133 Å². The monoisotopic (exact) mass is 663 g/mol. The summed E-state index contributed by atoms with van der Waals surface area (Å²) in [6.45, 7) is 3.58. The van der Waals surface area contributed by atoms with Crippen LogP contribution in [0.3, 0.4) is 0 Å². The standard InChI is InChI=1S/C37H41N7O5/c1-42-16-8-11-27(22-42)25-48-36-40-33(35(45)39-32-20-30(47-2)19-28-12-6-7-13-31(28)32)21-34(41-36)43-17-18-44(29(23-43)14-15-38)37(46)49-24-26-9-4-3-5-10-26/h3-7,9-10,12-13,19-21,27,29H,8,11,14,16-18,22-25H2,1-2H3,(H,39,45)/t27?,29-/m0/s1. The van der Waals surface area contributed by atoms with E-state index in [0.29, 0.717) is 49.4 Å². The first kappa shape index (κ1) is 33.5. The normalized spacial score (nSPS) is 18.1. The molecule has 2 aliphatic rings. The minimum Gasteiger partial charge on any atom is -0.497 e. The Labute approximate surface area is 286 Å². The van der Waals surface area contributed by atoms with Crippen LogP contribution in [0.1, 0.15) is 35.3 Å². The lowest BCUT2D eigenvalue weighted by Gasteiger charge is -2.40. The van der Waals surface area contributed by atoms with Crippen molar-refractivity contribution in [3.8, 4) is 17.8 Å². The Hall–Kier alpha value is -5.41. The fourth-order valence-corrected chi connectivity index (χ4v) is 6.43. The number of amides is 2. The van der Waals surface area contributed by atoms with Gasteiger partial charge in [0.15, 0.2) is 0 Å². The van der Waals surface area contributed by atoms with Crippen molar-refractivity contribution in [3.05, 3.63) is 84.1 Å². The van der Waals surface area contributed by atoms with Gasteiger partial charge in [0.1, 0.15) is 23.9 Å². The van der Waals surface area contributed by atoms with Crippen LogP contribution in [0, 0.1) is 17.2 Å². The van der Waals surface area contributed by atoms with E-state index in [9.17, 15) is 14.9 Å². The lowest BCUT2D eigenvalue weighted by molar-refractivity contribution is 0.0767. The summed E-state index contributed by atoms with van der Waals surface area (Å²) >= 11 is 0. The van der Waals surface area contributed by atoms with Gasteiger partial charge in [-0.05, 0) is 43.5 Å². The van der Waals surface area contributed by atoms with Crippen LogP contribution in [0.15, 0.2) is 72.8 Å². The Balaban J connectivity index is 1.24. The first-order valence-corrected chi connectivity index (χ1v) is 16.6. The number of anilines is 2. The number of carbonyl (C=O) groups excluding carboxylic acids is 2. The molecule has 4 aromatic rings. The van der Waals surface area contributed by atoms with E-state index in [0.717, 1.165) is 42.3 Å². The maximum Gasteiger partial charge on any atom is 0.410 e. The second-order valence-electron chi connectivity index (χ2n) is 12.5. The molecule has 0 spiro atoms. The van der Waals surface area contributed by atoms with Gasteiger partial charge in [-0.25, -0.2) is 4.79 Å². The molecular weight excluding hydrogens is 622 g/mol. The molecule has 2 amide bonds. The Morgan fingerprint density at radius 3 is 2.61 bits per heavy atom. The average Bonchev–Trinajstić information content (AvgIpc) is 3.13. The number of nitrogens with one attached hydrogen (secondary N) is 1. The number of methoxy groups -OCH3 is 1. The van der Waals surface area contributed by atoms with E-state index in [4.69, 9.17) is 19.2 Å². The Kier molecular flexibility index (Phi) is 10.7.